The molecule has 0 heterocycles. The highest BCUT2D eigenvalue weighted by atomic mass is 35.5. The SMILES string of the molecule is CCNc1cc(Cl)c(OCc2ccccc2)c(Cl)c1. The second kappa shape index (κ2) is 6.69. The van der Waals surface area contributed by atoms with Crippen molar-refractivity contribution in [1.29, 1.82) is 0 Å². The second-order valence-corrected chi connectivity index (χ2v) is 4.89. The lowest BCUT2D eigenvalue weighted by atomic mass is 10.2. The molecule has 0 aliphatic carbocycles. The highest BCUT2D eigenvalue weighted by Crippen LogP contribution is 2.36. The molecule has 100 valence electrons. The molecule has 0 amide bonds. The van der Waals surface area contributed by atoms with Gasteiger partial charge in [0, 0.05) is 12.2 Å². The van der Waals surface area contributed by atoms with Crippen LogP contribution in [0.25, 0.3) is 0 Å². The normalized spacial score (nSPS) is 10.3. The molecule has 0 bridgehead atoms. The molecular weight excluding hydrogens is 281 g/mol. The maximum Gasteiger partial charge on any atom is 0.157 e. The fourth-order valence-electron chi connectivity index (χ4n) is 1.73. The third-order valence-electron chi connectivity index (χ3n) is 2.61. The van der Waals surface area contributed by atoms with Gasteiger partial charge in [0.15, 0.2) is 5.75 Å². The van der Waals surface area contributed by atoms with Gasteiger partial charge in [-0.2, -0.15) is 0 Å². The molecule has 1 N–H and O–H groups in total. The van der Waals surface area contributed by atoms with E-state index < -0.39 is 0 Å². The van der Waals surface area contributed by atoms with E-state index in [0.29, 0.717) is 22.4 Å². The van der Waals surface area contributed by atoms with Crippen LogP contribution in [-0.2, 0) is 6.61 Å². The van der Waals surface area contributed by atoms with E-state index in [1.54, 1.807) is 0 Å². The number of halogens is 2. The molecule has 19 heavy (non-hydrogen) atoms. The van der Waals surface area contributed by atoms with Crippen molar-refractivity contribution in [3.05, 3.63) is 58.1 Å². The number of anilines is 1. The Morgan fingerprint density at radius 3 is 2.26 bits per heavy atom. The minimum Gasteiger partial charge on any atom is -0.486 e. The third-order valence-corrected chi connectivity index (χ3v) is 3.17. The molecule has 0 spiro atoms. The van der Waals surface area contributed by atoms with Gasteiger partial charge >= 0.3 is 0 Å². The topological polar surface area (TPSA) is 21.3 Å². The quantitative estimate of drug-likeness (QED) is 0.838. The van der Waals surface area contributed by atoms with Crippen LogP contribution in [0.5, 0.6) is 5.75 Å². The fraction of sp³-hybridized carbons (Fsp3) is 0.200. The lowest BCUT2D eigenvalue weighted by molar-refractivity contribution is 0.306. The molecule has 4 heteroatoms. The van der Waals surface area contributed by atoms with E-state index in [0.717, 1.165) is 17.8 Å². The van der Waals surface area contributed by atoms with E-state index in [1.807, 2.05) is 49.4 Å². The summed E-state index contributed by atoms with van der Waals surface area (Å²) in [5.74, 6) is 0.522. The van der Waals surface area contributed by atoms with Gasteiger partial charge in [-0.3, -0.25) is 0 Å². The molecular formula is C15H15Cl2NO. The van der Waals surface area contributed by atoms with Gasteiger partial charge in [0.05, 0.1) is 10.0 Å². The van der Waals surface area contributed by atoms with E-state index >= 15 is 0 Å². The molecule has 2 rings (SSSR count). The summed E-state index contributed by atoms with van der Waals surface area (Å²) in [6.45, 7) is 3.28. The standard InChI is InChI=1S/C15H15Cl2NO/c1-2-18-12-8-13(16)15(14(17)9-12)19-10-11-6-4-3-5-7-11/h3-9,18H,2,10H2,1H3. The highest BCUT2D eigenvalue weighted by Gasteiger charge is 2.09. The maximum absolute atomic E-state index is 6.19. The van der Waals surface area contributed by atoms with Crippen molar-refractivity contribution in [3.63, 3.8) is 0 Å². The molecule has 0 aliphatic heterocycles. The Labute approximate surface area is 123 Å². The monoisotopic (exact) mass is 295 g/mol. The van der Waals surface area contributed by atoms with Gasteiger partial charge in [0.2, 0.25) is 0 Å². The van der Waals surface area contributed by atoms with Crippen LogP contribution in [0, 0.1) is 0 Å². The number of hydrogen-bond donors (Lipinski definition) is 1. The molecule has 0 fully saturated rings. The summed E-state index contributed by atoms with van der Waals surface area (Å²) in [5.41, 5.74) is 1.97. The van der Waals surface area contributed by atoms with Crippen LogP contribution in [0.3, 0.4) is 0 Å². The average Bonchev–Trinajstić information content (AvgIpc) is 2.39. The van der Waals surface area contributed by atoms with Gasteiger partial charge in [-0.15, -0.1) is 0 Å². The Kier molecular flexibility index (Phi) is 4.94. The molecule has 0 atom stereocenters. The van der Waals surface area contributed by atoms with E-state index in [2.05, 4.69) is 5.32 Å². The van der Waals surface area contributed by atoms with Crippen LogP contribution < -0.4 is 10.1 Å². The number of rotatable bonds is 5. The first kappa shape index (κ1) is 14.0. The summed E-state index contributed by atoms with van der Waals surface area (Å²) in [6.07, 6.45) is 0. The van der Waals surface area contributed by atoms with Crippen molar-refractivity contribution in [3.8, 4) is 5.75 Å². The van der Waals surface area contributed by atoms with Crippen LogP contribution >= 0.6 is 23.2 Å². The molecule has 2 aromatic rings. The molecule has 0 aliphatic rings. The van der Waals surface area contributed by atoms with Gasteiger partial charge in [-0.1, -0.05) is 53.5 Å². The highest BCUT2D eigenvalue weighted by molar-refractivity contribution is 6.37. The van der Waals surface area contributed by atoms with Crippen LogP contribution in [0.15, 0.2) is 42.5 Å². The van der Waals surface area contributed by atoms with Crippen molar-refractivity contribution in [2.24, 2.45) is 0 Å². The van der Waals surface area contributed by atoms with Gasteiger partial charge in [0.25, 0.3) is 0 Å². The zero-order valence-electron chi connectivity index (χ0n) is 10.6. The average molecular weight is 296 g/mol. The summed E-state index contributed by atoms with van der Waals surface area (Å²) >= 11 is 12.4. The maximum atomic E-state index is 6.19. The smallest absolute Gasteiger partial charge is 0.157 e. The number of benzene rings is 2. The first-order valence-corrected chi connectivity index (χ1v) is 6.86. The molecule has 2 nitrogen and oxygen atoms in total. The Balaban J connectivity index is 2.12. The summed E-state index contributed by atoms with van der Waals surface area (Å²) in [5, 5.41) is 4.19. The van der Waals surface area contributed by atoms with Gasteiger partial charge in [-0.05, 0) is 24.6 Å². The minimum absolute atomic E-state index is 0.445. The largest absolute Gasteiger partial charge is 0.486 e. The molecule has 0 unspecified atom stereocenters. The Morgan fingerprint density at radius 2 is 1.68 bits per heavy atom. The van der Waals surface area contributed by atoms with Gasteiger partial charge in [0.1, 0.15) is 6.61 Å². The minimum atomic E-state index is 0.445. The van der Waals surface area contributed by atoms with Gasteiger partial charge < -0.3 is 10.1 Å². The van der Waals surface area contributed by atoms with Crippen molar-refractivity contribution >= 4 is 28.9 Å². The van der Waals surface area contributed by atoms with Crippen LogP contribution in [-0.4, -0.2) is 6.54 Å². The Hall–Kier alpha value is -1.38. The number of nitrogens with one attached hydrogen (secondary N) is 1. The first-order valence-electron chi connectivity index (χ1n) is 6.10. The van der Waals surface area contributed by atoms with Gasteiger partial charge in [-0.25, -0.2) is 0 Å². The van der Waals surface area contributed by atoms with Crippen molar-refractivity contribution in [1.82, 2.24) is 0 Å². The van der Waals surface area contributed by atoms with Crippen molar-refractivity contribution in [2.45, 2.75) is 13.5 Å². The zero-order chi connectivity index (χ0) is 13.7. The third kappa shape index (κ3) is 3.79. The Morgan fingerprint density at radius 1 is 1.05 bits per heavy atom. The second-order valence-electron chi connectivity index (χ2n) is 4.07. The number of ether oxygens (including phenoxy) is 1. The predicted molar refractivity (Wildman–Crippen MR) is 81.4 cm³/mol. The van der Waals surface area contributed by atoms with E-state index in [4.69, 9.17) is 27.9 Å². The van der Waals surface area contributed by atoms with Crippen LogP contribution in [0.4, 0.5) is 5.69 Å². The Bertz CT molecular complexity index is 520. The molecule has 0 saturated heterocycles. The van der Waals surface area contributed by atoms with Crippen LogP contribution in [0.2, 0.25) is 10.0 Å². The summed E-state index contributed by atoms with van der Waals surface area (Å²) in [7, 11) is 0. The van der Waals surface area contributed by atoms with E-state index in [9.17, 15) is 0 Å². The lowest BCUT2D eigenvalue weighted by Gasteiger charge is -2.12. The molecule has 2 aromatic carbocycles. The number of hydrogen-bond acceptors (Lipinski definition) is 2. The summed E-state index contributed by atoms with van der Waals surface area (Å²) in [6, 6.07) is 13.5. The zero-order valence-corrected chi connectivity index (χ0v) is 12.1. The van der Waals surface area contributed by atoms with E-state index in [-0.39, 0.29) is 0 Å². The van der Waals surface area contributed by atoms with Crippen molar-refractivity contribution in [2.75, 3.05) is 11.9 Å². The fourth-order valence-corrected chi connectivity index (χ4v) is 2.33. The summed E-state index contributed by atoms with van der Waals surface area (Å²) < 4.78 is 5.70. The van der Waals surface area contributed by atoms with Crippen molar-refractivity contribution < 1.29 is 4.74 Å². The first-order chi connectivity index (χ1) is 9.20. The molecule has 0 aromatic heterocycles. The lowest BCUT2D eigenvalue weighted by Crippen LogP contribution is -1.99. The molecule has 0 saturated carbocycles. The molecule has 0 radical (unpaired) electrons. The van der Waals surface area contributed by atoms with Crippen LogP contribution in [0.1, 0.15) is 12.5 Å². The summed E-state index contributed by atoms with van der Waals surface area (Å²) in [4.78, 5) is 0. The predicted octanol–water partition coefficient (Wildman–Crippen LogP) is 5.00. The van der Waals surface area contributed by atoms with E-state index in [1.165, 1.54) is 0 Å².